The summed E-state index contributed by atoms with van der Waals surface area (Å²) in [4.78, 5) is 16.3. The number of anilines is 1. The van der Waals surface area contributed by atoms with Crippen LogP contribution in [0.3, 0.4) is 0 Å². The molecule has 1 N–H and O–H groups in total. The van der Waals surface area contributed by atoms with Crippen LogP contribution in [-0.2, 0) is 13.0 Å². The van der Waals surface area contributed by atoms with Crippen LogP contribution in [0.5, 0.6) is 0 Å². The number of likely N-dealkylation sites (N-methyl/N-ethyl adjacent to an activating group) is 1. The summed E-state index contributed by atoms with van der Waals surface area (Å²) >= 11 is 1.52. The van der Waals surface area contributed by atoms with E-state index in [0.717, 1.165) is 23.6 Å². The Hall–Kier alpha value is -1.93. The van der Waals surface area contributed by atoms with Crippen molar-refractivity contribution in [3.8, 4) is 0 Å². The molecule has 0 aromatic carbocycles. The molecule has 2 amide bonds. The largest absolute Gasteiger partial charge is 0.468 e. The molecule has 0 radical (unpaired) electrons. The minimum atomic E-state index is -0.131. The van der Waals surface area contributed by atoms with Crippen LogP contribution in [0.2, 0.25) is 0 Å². The number of amides is 2. The molecule has 0 saturated carbocycles. The lowest BCUT2D eigenvalue weighted by atomic mass is 10.2. The Kier molecular flexibility index (Phi) is 6.62. The molecule has 2 aromatic heterocycles. The van der Waals surface area contributed by atoms with Gasteiger partial charge >= 0.3 is 6.03 Å². The zero-order valence-corrected chi connectivity index (χ0v) is 16.3. The quantitative estimate of drug-likeness (QED) is 0.640. The Labute approximate surface area is 158 Å². The Morgan fingerprint density at radius 3 is 2.92 bits per heavy atom. The molecule has 8 heteroatoms. The highest BCUT2D eigenvalue weighted by atomic mass is 32.1. The zero-order valence-electron chi connectivity index (χ0n) is 15.5. The molecule has 142 valence electrons. The molecule has 1 saturated heterocycles. The van der Waals surface area contributed by atoms with Crippen molar-refractivity contribution in [1.29, 1.82) is 0 Å². The molecule has 3 rings (SSSR count). The van der Waals surface area contributed by atoms with Gasteiger partial charge in [0.2, 0.25) is 5.13 Å². The van der Waals surface area contributed by atoms with Crippen LogP contribution in [0.1, 0.15) is 50.3 Å². The van der Waals surface area contributed by atoms with Gasteiger partial charge in [-0.3, -0.25) is 10.2 Å². The van der Waals surface area contributed by atoms with Gasteiger partial charge in [0.15, 0.2) is 0 Å². The lowest BCUT2D eigenvalue weighted by Gasteiger charge is -2.20. The SMILES string of the molecule is CCCCCCc1nnc(N2C(=O)N(CC)CC2NCc2ccco2)s1. The van der Waals surface area contributed by atoms with Gasteiger partial charge in [0.1, 0.15) is 16.9 Å². The second-order valence-electron chi connectivity index (χ2n) is 6.46. The van der Waals surface area contributed by atoms with E-state index in [2.05, 4.69) is 22.4 Å². The van der Waals surface area contributed by atoms with Crippen molar-refractivity contribution in [2.24, 2.45) is 0 Å². The third-order valence-corrected chi connectivity index (χ3v) is 5.54. The van der Waals surface area contributed by atoms with Crippen molar-refractivity contribution in [3.63, 3.8) is 0 Å². The summed E-state index contributed by atoms with van der Waals surface area (Å²) in [6.07, 6.45) is 7.26. The predicted molar refractivity (Wildman–Crippen MR) is 102 cm³/mol. The molecule has 0 aliphatic carbocycles. The first-order valence-electron chi connectivity index (χ1n) is 9.39. The maximum absolute atomic E-state index is 12.7. The zero-order chi connectivity index (χ0) is 18.4. The number of hydrogen-bond acceptors (Lipinski definition) is 6. The number of carbonyl (C=O) groups excluding carboxylic acids is 1. The van der Waals surface area contributed by atoms with Gasteiger partial charge in [-0.25, -0.2) is 4.79 Å². The van der Waals surface area contributed by atoms with Gasteiger partial charge in [-0.05, 0) is 25.5 Å². The Bertz CT molecular complexity index is 688. The minimum absolute atomic E-state index is 0.0156. The molecule has 1 fully saturated rings. The van der Waals surface area contributed by atoms with E-state index in [1.165, 1.54) is 30.6 Å². The summed E-state index contributed by atoms with van der Waals surface area (Å²) in [7, 11) is 0. The molecule has 3 heterocycles. The van der Waals surface area contributed by atoms with Gasteiger partial charge in [-0.1, -0.05) is 37.5 Å². The summed E-state index contributed by atoms with van der Waals surface area (Å²) in [5.41, 5.74) is 0. The minimum Gasteiger partial charge on any atom is -0.468 e. The van der Waals surface area contributed by atoms with Gasteiger partial charge < -0.3 is 9.32 Å². The van der Waals surface area contributed by atoms with Crippen LogP contribution in [0.4, 0.5) is 9.93 Å². The van der Waals surface area contributed by atoms with E-state index in [1.54, 1.807) is 11.2 Å². The third kappa shape index (κ3) is 4.42. The van der Waals surface area contributed by atoms with Crippen LogP contribution in [0.25, 0.3) is 0 Å². The number of urea groups is 1. The second kappa shape index (κ2) is 9.14. The number of aromatic nitrogens is 2. The molecule has 1 aliphatic heterocycles. The van der Waals surface area contributed by atoms with Crippen LogP contribution >= 0.6 is 11.3 Å². The van der Waals surface area contributed by atoms with E-state index in [9.17, 15) is 4.79 Å². The molecular formula is C18H27N5O2S. The molecule has 0 spiro atoms. The van der Waals surface area contributed by atoms with Crippen molar-refractivity contribution in [2.75, 3.05) is 18.0 Å². The van der Waals surface area contributed by atoms with Crippen LogP contribution in [-0.4, -0.2) is 40.4 Å². The number of furan rings is 1. The highest BCUT2D eigenvalue weighted by molar-refractivity contribution is 7.15. The summed E-state index contributed by atoms with van der Waals surface area (Å²) in [6.45, 7) is 6.07. The van der Waals surface area contributed by atoms with E-state index < -0.39 is 0 Å². The van der Waals surface area contributed by atoms with E-state index in [-0.39, 0.29) is 12.2 Å². The van der Waals surface area contributed by atoms with Gasteiger partial charge in [-0.15, -0.1) is 10.2 Å². The fraction of sp³-hybridized carbons (Fsp3) is 0.611. The van der Waals surface area contributed by atoms with E-state index in [0.29, 0.717) is 24.8 Å². The normalized spacial score (nSPS) is 17.5. The summed E-state index contributed by atoms with van der Waals surface area (Å²) in [6, 6.07) is 3.77. The first-order chi connectivity index (χ1) is 12.7. The van der Waals surface area contributed by atoms with Crippen molar-refractivity contribution < 1.29 is 9.21 Å². The van der Waals surface area contributed by atoms with Crippen LogP contribution < -0.4 is 10.2 Å². The van der Waals surface area contributed by atoms with E-state index in [1.807, 2.05) is 24.0 Å². The number of unbranched alkanes of at least 4 members (excludes halogenated alkanes) is 3. The molecule has 26 heavy (non-hydrogen) atoms. The standard InChI is InChI=1S/C18H27N5O2S/c1-3-5-6-7-10-16-20-21-17(26-16)23-15(13-22(4-2)18(23)24)19-12-14-9-8-11-25-14/h8-9,11,15,19H,3-7,10,12-13H2,1-2H3. The van der Waals surface area contributed by atoms with Crippen molar-refractivity contribution in [2.45, 2.75) is 58.7 Å². The fourth-order valence-electron chi connectivity index (χ4n) is 3.07. The lowest BCUT2D eigenvalue weighted by molar-refractivity contribution is 0.222. The third-order valence-electron chi connectivity index (χ3n) is 4.56. The van der Waals surface area contributed by atoms with E-state index in [4.69, 9.17) is 4.42 Å². The van der Waals surface area contributed by atoms with E-state index >= 15 is 0 Å². The maximum atomic E-state index is 12.7. The Balaban J connectivity index is 1.65. The van der Waals surface area contributed by atoms with Gasteiger partial charge in [-0.2, -0.15) is 0 Å². The molecule has 7 nitrogen and oxygen atoms in total. The van der Waals surface area contributed by atoms with Crippen molar-refractivity contribution >= 4 is 22.5 Å². The number of rotatable bonds is 10. The monoisotopic (exact) mass is 377 g/mol. The van der Waals surface area contributed by atoms with Gasteiger partial charge in [0.05, 0.1) is 19.4 Å². The summed E-state index contributed by atoms with van der Waals surface area (Å²) in [5.74, 6) is 0.848. The first-order valence-corrected chi connectivity index (χ1v) is 10.2. The first kappa shape index (κ1) is 18.8. The molecule has 0 bridgehead atoms. The summed E-state index contributed by atoms with van der Waals surface area (Å²) in [5, 5.41) is 13.7. The van der Waals surface area contributed by atoms with Crippen LogP contribution in [0, 0.1) is 0 Å². The average Bonchev–Trinajstić information content (AvgIpc) is 3.37. The maximum Gasteiger partial charge on any atom is 0.327 e. The highest BCUT2D eigenvalue weighted by Gasteiger charge is 2.39. The van der Waals surface area contributed by atoms with Gasteiger partial charge in [0, 0.05) is 13.0 Å². The predicted octanol–water partition coefficient (Wildman–Crippen LogP) is 3.63. The lowest BCUT2D eigenvalue weighted by Crippen LogP contribution is -2.44. The number of nitrogens with one attached hydrogen (secondary N) is 1. The Morgan fingerprint density at radius 1 is 1.31 bits per heavy atom. The molecular weight excluding hydrogens is 350 g/mol. The fourth-order valence-corrected chi connectivity index (χ4v) is 3.99. The number of nitrogens with zero attached hydrogens (tertiary/aromatic N) is 4. The number of aryl methyl sites for hydroxylation is 1. The summed E-state index contributed by atoms with van der Waals surface area (Å²) < 4.78 is 5.38. The Morgan fingerprint density at radius 2 is 2.19 bits per heavy atom. The number of carbonyl (C=O) groups is 1. The molecule has 1 atom stereocenters. The smallest absolute Gasteiger partial charge is 0.327 e. The average molecular weight is 378 g/mol. The molecule has 1 aliphatic rings. The van der Waals surface area contributed by atoms with Crippen molar-refractivity contribution in [3.05, 3.63) is 29.2 Å². The van der Waals surface area contributed by atoms with Gasteiger partial charge in [0.25, 0.3) is 0 Å². The molecule has 2 aromatic rings. The number of hydrogen-bond donors (Lipinski definition) is 1. The van der Waals surface area contributed by atoms with Crippen LogP contribution in [0.15, 0.2) is 22.8 Å². The van der Waals surface area contributed by atoms with Crippen molar-refractivity contribution in [1.82, 2.24) is 20.4 Å². The topological polar surface area (TPSA) is 74.5 Å². The highest BCUT2D eigenvalue weighted by Crippen LogP contribution is 2.28. The molecule has 1 unspecified atom stereocenters. The second-order valence-corrected chi connectivity index (χ2v) is 7.50.